The molecule has 0 radical (unpaired) electrons. The van der Waals surface area contributed by atoms with Crippen LogP contribution in [0.25, 0.3) is 0 Å². The van der Waals surface area contributed by atoms with Crippen molar-refractivity contribution in [3.63, 3.8) is 0 Å². The number of halogens is 1. The molecule has 1 saturated heterocycles. The number of hydrogen-bond donors (Lipinski definition) is 0. The Labute approximate surface area is 124 Å². The third-order valence-corrected chi connectivity index (χ3v) is 5.50. The van der Waals surface area contributed by atoms with E-state index in [9.17, 15) is 13.2 Å². The topological polar surface area (TPSA) is 54.5 Å². The summed E-state index contributed by atoms with van der Waals surface area (Å²) in [6.45, 7) is 2.39. The van der Waals surface area contributed by atoms with E-state index in [1.54, 1.807) is 4.90 Å². The van der Waals surface area contributed by atoms with E-state index < -0.39 is 9.84 Å². The van der Waals surface area contributed by atoms with Crippen LogP contribution in [0.1, 0.15) is 17.5 Å². The molecule has 1 fully saturated rings. The molecule has 1 unspecified atom stereocenters. The highest BCUT2D eigenvalue weighted by Gasteiger charge is 2.34. The number of hydrogen-bond acceptors (Lipinski definition) is 3. The predicted octanol–water partition coefficient (Wildman–Crippen LogP) is 1.75. The van der Waals surface area contributed by atoms with Crippen molar-refractivity contribution in [3.05, 3.63) is 35.4 Å². The highest BCUT2D eigenvalue weighted by molar-refractivity contribution is 7.91. The van der Waals surface area contributed by atoms with Crippen LogP contribution in [0.5, 0.6) is 0 Å². The second-order valence-electron chi connectivity index (χ2n) is 5.20. The van der Waals surface area contributed by atoms with Gasteiger partial charge in [-0.15, -0.1) is 11.6 Å². The minimum atomic E-state index is -3.02. The summed E-state index contributed by atoms with van der Waals surface area (Å²) in [7, 11) is -3.02. The zero-order valence-electron chi connectivity index (χ0n) is 11.4. The van der Waals surface area contributed by atoms with Crippen molar-refractivity contribution in [2.45, 2.75) is 25.9 Å². The Morgan fingerprint density at radius 2 is 2.20 bits per heavy atom. The van der Waals surface area contributed by atoms with Crippen molar-refractivity contribution in [2.24, 2.45) is 0 Å². The second-order valence-corrected chi connectivity index (χ2v) is 7.70. The molecule has 1 aliphatic rings. The van der Waals surface area contributed by atoms with Gasteiger partial charge < -0.3 is 4.90 Å². The van der Waals surface area contributed by atoms with Gasteiger partial charge in [0.05, 0.1) is 11.5 Å². The van der Waals surface area contributed by atoms with E-state index in [0.29, 0.717) is 13.0 Å². The Hall–Kier alpha value is -1.07. The van der Waals surface area contributed by atoms with E-state index in [1.165, 1.54) is 0 Å². The van der Waals surface area contributed by atoms with Crippen LogP contribution < -0.4 is 0 Å². The molecule has 0 N–H and O–H groups in total. The third kappa shape index (κ3) is 3.73. The lowest BCUT2D eigenvalue weighted by Crippen LogP contribution is -2.41. The zero-order chi connectivity index (χ0) is 14.8. The number of amides is 1. The molecule has 0 aliphatic carbocycles. The molecule has 1 amide bonds. The van der Waals surface area contributed by atoms with E-state index >= 15 is 0 Å². The minimum Gasteiger partial charge on any atom is -0.333 e. The Balaban J connectivity index is 2.18. The first kappa shape index (κ1) is 15.3. The van der Waals surface area contributed by atoms with Crippen LogP contribution in [0.4, 0.5) is 0 Å². The van der Waals surface area contributed by atoms with Crippen molar-refractivity contribution in [1.29, 1.82) is 0 Å². The molecule has 110 valence electrons. The number of benzene rings is 1. The summed E-state index contributed by atoms with van der Waals surface area (Å²) < 4.78 is 23.2. The number of rotatable bonds is 4. The minimum absolute atomic E-state index is 0.0431. The summed E-state index contributed by atoms with van der Waals surface area (Å²) in [6, 6.07) is 7.59. The first-order valence-corrected chi connectivity index (χ1v) is 8.88. The fraction of sp³-hybridized carbons (Fsp3) is 0.500. The Kier molecular flexibility index (Phi) is 4.70. The van der Waals surface area contributed by atoms with Crippen molar-refractivity contribution in [1.82, 2.24) is 4.90 Å². The lowest BCUT2D eigenvalue weighted by molar-refractivity contribution is -0.131. The zero-order valence-corrected chi connectivity index (χ0v) is 13.0. The number of alkyl halides is 1. The van der Waals surface area contributed by atoms with Gasteiger partial charge in [0.25, 0.3) is 0 Å². The second kappa shape index (κ2) is 6.14. The van der Waals surface area contributed by atoms with Crippen LogP contribution in [0.15, 0.2) is 24.3 Å². The molecule has 20 heavy (non-hydrogen) atoms. The molecule has 0 saturated carbocycles. The summed E-state index contributed by atoms with van der Waals surface area (Å²) in [5, 5.41) is 0. The van der Waals surface area contributed by atoms with Gasteiger partial charge >= 0.3 is 0 Å². The quantitative estimate of drug-likeness (QED) is 0.795. The highest BCUT2D eigenvalue weighted by Crippen LogP contribution is 2.21. The third-order valence-electron chi connectivity index (χ3n) is 3.52. The Morgan fingerprint density at radius 1 is 1.45 bits per heavy atom. The Morgan fingerprint density at radius 3 is 2.75 bits per heavy atom. The molecule has 0 spiro atoms. The van der Waals surface area contributed by atoms with Crippen LogP contribution in [0.3, 0.4) is 0 Å². The molecule has 0 bridgehead atoms. The van der Waals surface area contributed by atoms with Crippen LogP contribution in [0.2, 0.25) is 0 Å². The van der Waals surface area contributed by atoms with Crippen molar-refractivity contribution >= 4 is 27.3 Å². The van der Waals surface area contributed by atoms with Crippen LogP contribution in [0, 0.1) is 6.92 Å². The molecule has 1 aromatic rings. The average Bonchev–Trinajstić information content (AvgIpc) is 2.75. The van der Waals surface area contributed by atoms with E-state index in [0.717, 1.165) is 11.1 Å². The smallest absolute Gasteiger partial charge is 0.238 e. The van der Waals surface area contributed by atoms with Gasteiger partial charge in [-0.3, -0.25) is 4.79 Å². The maximum Gasteiger partial charge on any atom is 0.238 e. The van der Waals surface area contributed by atoms with Gasteiger partial charge in [0, 0.05) is 12.6 Å². The first-order chi connectivity index (χ1) is 9.41. The highest BCUT2D eigenvalue weighted by atomic mass is 35.5. The molecule has 2 rings (SSSR count). The molecule has 1 aromatic carbocycles. The van der Waals surface area contributed by atoms with Crippen LogP contribution in [-0.4, -0.2) is 42.7 Å². The van der Waals surface area contributed by atoms with Crippen LogP contribution in [-0.2, 0) is 21.2 Å². The number of carbonyl (C=O) groups excluding carboxylic acids is 1. The maximum atomic E-state index is 12.0. The van der Waals surface area contributed by atoms with Crippen molar-refractivity contribution < 1.29 is 13.2 Å². The summed E-state index contributed by atoms with van der Waals surface area (Å²) in [4.78, 5) is 13.6. The number of carbonyl (C=O) groups is 1. The number of sulfone groups is 1. The molecule has 4 nitrogen and oxygen atoms in total. The van der Waals surface area contributed by atoms with Gasteiger partial charge in [0.1, 0.15) is 5.88 Å². The number of nitrogens with zero attached hydrogens (tertiary/aromatic N) is 1. The largest absolute Gasteiger partial charge is 0.333 e. The monoisotopic (exact) mass is 315 g/mol. The fourth-order valence-electron chi connectivity index (χ4n) is 2.53. The Bertz CT molecular complexity index is 600. The summed E-state index contributed by atoms with van der Waals surface area (Å²) in [5.41, 5.74) is 2.10. The van der Waals surface area contributed by atoms with Gasteiger partial charge in [-0.1, -0.05) is 29.8 Å². The lowest BCUT2D eigenvalue weighted by atomic mass is 10.1. The van der Waals surface area contributed by atoms with Gasteiger partial charge in [0.2, 0.25) is 5.91 Å². The molecular formula is C14H18ClNO3S. The molecular weight excluding hydrogens is 298 g/mol. The molecule has 1 heterocycles. The van der Waals surface area contributed by atoms with E-state index in [1.807, 2.05) is 31.2 Å². The standard InChI is InChI=1S/C14H18ClNO3S/c1-11-3-2-4-12(7-11)9-16(14(17)8-15)13-5-6-20(18,19)10-13/h2-4,7,13H,5-6,8-10H2,1H3. The lowest BCUT2D eigenvalue weighted by Gasteiger charge is -2.28. The SMILES string of the molecule is Cc1cccc(CN(C(=O)CCl)C2CCS(=O)(=O)C2)c1. The van der Waals surface area contributed by atoms with E-state index in [-0.39, 0.29) is 29.3 Å². The average molecular weight is 316 g/mol. The predicted molar refractivity (Wildman–Crippen MR) is 79.5 cm³/mol. The summed E-state index contributed by atoms with van der Waals surface area (Å²) in [5.74, 6) is -0.142. The molecule has 1 aliphatic heterocycles. The fourth-order valence-corrected chi connectivity index (χ4v) is 4.41. The van der Waals surface area contributed by atoms with E-state index in [4.69, 9.17) is 11.6 Å². The molecule has 6 heteroatoms. The van der Waals surface area contributed by atoms with Gasteiger partial charge in [-0.05, 0) is 18.9 Å². The van der Waals surface area contributed by atoms with Crippen molar-refractivity contribution in [3.8, 4) is 0 Å². The number of aryl methyl sites for hydroxylation is 1. The normalized spacial score (nSPS) is 20.8. The van der Waals surface area contributed by atoms with E-state index in [2.05, 4.69) is 0 Å². The van der Waals surface area contributed by atoms with Crippen molar-refractivity contribution in [2.75, 3.05) is 17.4 Å². The summed E-state index contributed by atoms with van der Waals surface area (Å²) >= 11 is 5.65. The van der Waals surface area contributed by atoms with Gasteiger partial charge in [-0.25, -0.2) is 8.42 Å². The van der Waals surface area contributed by atoms with Gasteiger partial charge in [-0.2, -0.15) is 0 Å². The summed E-state index contributed by atoms with van der Waals surface area (Å²) in [6.07, 6.45) is 0.497. The molecule has 1 atom stereocenters. The van der Waals surface area contributed by atoms with Gasteiger partial charge in [0.15, 0.2) is 9.84 Å². The molecule has 0 aromatic heterocycles. The first-order valence-electron chi connectivity index (χ1n) is 6.53. The maximum absolute atomic E-state index is 12.0. The van der Waals surface area contributed by atoms with Crippen LogP contribution >= 0.6 is 11.6 Å².